The third-order valence-electron chi connectivity index (χ3n) is 4.46. The number of amides is 1. The molecule has 1 unspecified atom stereocenters. The highest BCUT2D eigenvalue weighted by molar-refractivity contribution is 5.76. The lowest BCUT2D eigenvalue weighted by molar-refractivity contribution is -0.122. The largest absolute Gasteiger partial charge is 0.348 e. The first-order chi connectivity index (χ1) is 11.4. The van der Waals surface area contributed by atoms with E-state index in [0.717, 1.165) is 29.8 Å². The van der Waals surface area contributed by atoms with E-state index in [9.17, 15) is 13.6 Å². The Balaban J connectivity index is 1.69. The van der Waals surface area contributed by atoms with E-state index in [-0.39, 0.29) is 30.1 Å². The zero-order chi connectivity index (χ0) is 17.4. The minimum atomic E-state index is -2.62. The number of alkyl halides is 2. The third kappa shape index (κ3) is 3.32. The highest BCUT2D eigenvalue weighted by atomic mass is 19.3. The Morgan fingerprint density at radius 1 is 1.46 bits per heavy atom. The SMILES string of the molecule is Cc1c(C(C)NC(=O)Cn2nc(C(F)F)cc2C2CC2)cnn1C. The quantitative estimate of drug-likeness (QED) is 0.881. The van der Waals surface area contributed by atoms with Crippen molar-refractivity contribution >= 4 is 5.91 Å². The van der Waals surface area contributed by atoms with Crippen LogP contribution < -0.4 is 5.32 Å². The average Bonchev–Trinajstić information content (AvgIpc) is 3.19. The summed E-state index contributed by atoms with van der Waals surface area (Å²) in [6.45, 7) is 3.75. The van der Waals surface area contributed by atoms with Crippen molar-refractivity contribution in [3.8, 4) is 0 Å². The van der Waals surface area contributed by atoms with E-state index < -0.39 is 6.43 Å². The fourth-order valence-electron chi connectivity index (χ4n) is 2.83. The molecule has 3 rings (SSSR count). The zero-order valence-corrected chi connectivity index (χ0v) is 14.0. The highest BCUT2D eigenvalue weighted by Crippen LogP contribution is 2.41. The fourth-order valence-corrected chi connectivity index (χ4v) is 2.83. The number of rotatable bonds is 6. The Hall–Kier alpha value is -2.25. The molecule has 1 amide bonds. The van der Waals surface area contributed by atoms with E-state index in [0.29, 0.717) is 0 Å². The highest BCUT2D eigenvalue weighted by Gasteiger charge is 2.30. The van der Waals surface area contributed by atoms with Gasteiger partial charge >= 0.3 is 0 Å². The standard InChI is InChI=1S/C16H21F2N5O/c1-9(12-7-19-22(3)10(12)2)20-15(24)8-23-14(11-4-5-11)6-13(21-23)16(17)18/h6-7,9,11,16H,4-5,8H2,1-3H3,(H,20,24). The number of halogens is 2. The van der Waals surface area contributed by atoms with Crippen molar-refractivity contribution in [2.24, 2.45) is 7.05 Å². The van der Waals surface area contributed by atoms with Gasteiger partial charge in [-0.3, -0.25) is 14.2 Å². The van der Waals surface area contributed by atoms with Gasteiger partial charge in [-0.05, 0) is 32.8 Å². The van der Waals surface area contributed by atoms with E-state index in [1.165, 1.54) is 10.7 Å². The van der Waals surface area contributed by atoms with E-state index >= 15 is 0 Å². The molecule has 24 heavy (non-hydrogen) atoms. The van der Waals surface area contributed by atoms with Gasteiger partial charge in [0.15, 0.2) is 0 Å². The van der Waals surface area contributed by atoms with Gasteiger partial charge in [-0.15, -0.1) is 0 Å². The van der Waals surface area contributed by atoms with Crippen LogP contribution in [-0.4, -0.2) is 25.5 Å². The zero-order valence-electron chi connectivity index (χ0n) is 14.0. The molecule has 0 spiro atoms. The molecule has 0 radical (unpaired) electrons. The van der Waals surface area contributed by atoms with Gasteiger partial charge in [0.2, 0.25) is 5.91 Å². The van der Waals surface area contributed by atoms with E-state index in [1.807, 2.05) is 20.9 Å². The van der Waals surface area contributed by atoms with Crippen molar-refractivity contribution in [1.29, 1.82) is 0 Å². The molecule has 0 aromatic carbocycles. The Kier molecular flexibility index (Phi) is 4.38. The minimum Gasteiger partial charge on any atom is -0.348 e. The molecule has 2 aromatic rings. The number of carbonyl (C=O) groups excluding carboxylic acids is 1. The van der Waals surface area contributed by atoms with Gasteiger partial charge < -0.3 is 5.32 Å². The lowest BCUT2D eigenvalue weighted by Crippen LogP contribution is -2.31. The summed E-state index contributed by atoms with van der Waals surface area (Å²) in [5, 5.41) is 10.9. The number of nitrogens with one attached hydrogen (secondary N) is 1. The van der Waals surface area contributed by atoms with Crippen LogP contribution in [0.3, 0.4) is 0 Å². The molecular formula is C16H21F2N5O. The summed E-state index contributed by atoms with van der Waals surface area (Å²) in [5.41, 5.74) is 2.37. The van der Waals surface area contributed by atoms with E-state index in [4.69, 9.17) is 0 Å². The maximum absolute atomic E-state index is 12.9. The molecule has 1 saturated carbocycles. The summed E-state index contributed by atoms with van der Waals surface area (Å²) in [5.74, 6) is -0.00707. The van der Waals surface area contributed by atoms with Crippen LogP contribution >= 0.6 is 0 Å². The van der Waals surface area contributed by atoms with Crippen LogP contribution in [0.1, 0.15) is 60.8 Å². The molecule has 1 aliphatic carbocycles. The second-order valence-corrected chi connectivity index (χ2v) is 6.32. The third-order valence-corrected chi connectivity index (χ3v) is 4.46. The Labute approximate surface area is 138 Å². The predicted octanol–water partition coefficient (Wildman–Crippen LogP) is 2.62. The van der Waals surface area contributed by atoms with Crippen molar-refractivity contribution < 1.29 is 13.6 Å². The molecular weight excluding hydrogens is 316 g/mol. The number of aromatic nitrogens is 4. The molecule has 0 aliphatic heterocycles. The lowest BCUT2D eigenvalue weighted by atomic mass is 10.1. The second kappa shape index (κ2) is 6.33. The number of hydrogen-bond donors (Lipinski definition) is 1. The van der Waals surface area contributed by atoms with Gasteiger partial charge in [0.05, 0.1) is 12.2 Å². The minimum absolute atomic E-state index is 0.0534. The van der Waals surface area contributed by atoms with Crippen molar-refractivity contribution in [2.75, 3.05) is 0 Å². The monoisotopic (exact) mass is 337 g/mol. The molecule has 1 fully saturated rings. The molecule has 6 nitrogen and oxygen atoms in total. The molecule has 1 N–H and O–H groups in total. The van der Waals surface area contributed by atoms with Gasteiger partial charge in [0.1, 0.15) is 12.2 Å². The molecule has 0 saturated heterocycles. The van der Waals surface area contributed by atoms with Gasteiger partial charge in [-0.25, -0.2) is 8.78 Å². The number of carbonyl (C=O) groups is 1. The molecule has 2 heterocycles. The number of hydrogen-bond acceptors (Lipinski definition) is 3. The van der Waals surface area contributed by atoms with Gasteiger partial charge in [-0.2, -0.15) is 10.2 Å². The van der Waals surface area contributed by atoms with Crippen molar-refractivity contribution in [3.05, 3.63) is 34.9 Å². The van der Waals surface area contributed by atoms with Crippen LogP contribution in [0.2, 0.25) is 0 Å². The van der Waals surface area contributed by atoms with Crippen molar-refractivity contribution in [1.82, 2.24) is 24.9 Å². The Morgan fingerprint density at radius 3 is 2.71 bits per heavy atom. The summed E-state index contributed by atoms with van der Waals surface area (Å²) in [4.78, 5) is 12.3. The summed E-state index contributed by atoms with van der Waals surface area (Å²) in [6.07, 6.45) is 1.02. The molecule has 8 heteroatoms. The average molecular weight is 337 g/mol. The van der Waals surface area contributed by atoms with Crippen molar-refractivity contribution in [2.45, 2.75) is 51.6 Å². The van der Waals surface area contributed by atoms with E-state index in [1.54, 1.807) is 10.9 Å². The van der Waals surface area contributed by atoms with Crippen LogP contribution in [0.25, 0.3) is 0 Å². The van der Waals surface area contributed by atoms with Gasteiger partial charge in [0, 0.05) is 29.9 Å². The van der Waals surface area contributed by atoms with Crippen LogP contribution in [0.15, 0.2) is 12.3 Å². The first-order valence-corrected chi connectivity index (χ1v) is 8.00. The first-order valence-electron chi connectivity index (χ1n) is 8.00. The molecule has 2 aromatic heterocycles. The lowest BCUT2D eigenvalue weighted by Gasteiger charge is -2.14. The van der Waals surface area contributed by atoms with Crippen LogP contribution in [-0.2, 0) is 18.4 Å². The molecule has 1 atom stereocenters. The number of nitrogens with zero attached hydrogens (tertiary/aromatic N) is 4. The smallest absolute Gasteiger partial charge is 0.282 e. The Bertz CT molecular complexity index is 748. The molecule has 0 bridgehead atoms. The first kappa shape index (κ1) is 16.6. The fraction of sp³-hybridized carbons (Fsp3) is 0.562. The number of aryl methyl sites for hydroxylation is 1. The Morgan fingerprint density at radius 2 is 2.17 bits per heavy atom. The van der Waals surface area contributed by atoms with Gasteiger partial charge in [-0.1, -0.05) is 0 Å². The topological polar surface area (TPSA) is 64.7 Å². The van der Waals surface area contributed by atoms with E-state index in [2.05, 4.69) is 15.5 Å². The van der Waals surface area contributed by atoms with Crippen LogP contribution in [0.5, 0.6) is 0 Å². The van der Waals surface area contributed by atoms with Gasteiger partial charge in [0.25, 0.3) is 6.43 Å². The van der Waals surface area contributed by atoms with Crippen LogP contribution in [0.4, 0.5) is 8.78 Å². The normalized spacial score (nSPS) is 15.8. The van der Waals surface area contributed by atoms with Crippen molar-refractivity contribution in [3.63, 3.8) is 0 Å². The molecule has 130 valence electrons. The second-order valence-electron chi connectivity index (χ2n) is 6.32. The summed E-state index contributed by atoms with van der Waals surface area (Å²) in [7, 11) is 1.84. The van der Waals surface area contributed by atoms with Crippen LogP contribution in [0, 0.1) is 6.92 Å². The summed E-state index contributed by atoms with van der Waals surface area (Å²) >= 11 is 0. The molecule has 1 aliphatic rings. The summed E-state index contributed by atoms with van der Waals surface area (Å²) in [6, 6.07) is 1.21. The maximum atomic E-state index is 12.9. The summed E-state index contributed by atoms with van der Waals surface area (Å²) < 4.78 is 28.9. The maximum Gasteiger partial charge on any atom is 0.282 e. The predicted molar refractivity (Wildman–Crippen MR) is 83.7 cm³/mol.